The lowest BCUT2D eigenvalue weighted by Gasteiger charge is -2.22. The molecule has 0 saturated carbocycles. The number of rotatable bonds is 10. The number of ether oxygens (including phenoxy) is 3. The summed E-state index contributed by atoms with van der Waals surface area (Å²) in [6.45, 7) is 5.76. The zero-order chi connectivity index (χ0) is 23.0. The standard InChI is InChI=1S/C20H23BrN4O6/c1-4-10-31-16-11-13(6-7-15(16)29-3)8-9-24(20(26)30-5-2)14-12-17(21)23-19(22)18(14)25(27)28/h4,6-7,11-12H,1,5,8-10H2,2-3H3,(H2,22,23). The molecule has 0 radical (unpaired) electrons. The first-order valence-electron chi connectivity index (χ1n) is 9.27. The molecule has 0 atom stereocenters. The lowest BCUT2D eigenvalue weighted by atomic mass is 10.1. The minimum Gasteiger partial charge on any atom is -0.493 e. The fourth-order valence-electron chi connectivity index (χ4n) is 2.80. The smallest absolute Gasteiger partial charge is 0.414 e. The van der Waals surface area contributed by atoms with E-state index in [1.54, 1.807) is 25.1 Å². The van der Waals surface area contributed by atoms with Gasteiger partial charge in [-0.3, -0.25) is 15.0 Å². The second kappa shape index (κ2) is 11.2. The maximum atomic E-state index is 12.6. The van der Waals surface area contributed by atoms with Crippen LogP contribution in [0, 0.1) is 10.1 Å². The van der Waals surface area contributed by atoms with Crippen molar-refractivity contribution in [2.24, 2.45) is 0 Å². The van der Waals surface area contributed by atoms with Gasteiger partial charge in [-0.05, 0) is 47.0 Å². The molecule has 0 saturated heterocycles. The molecule has 2 rings (SSSR count). The van der Waals surface area contributed by atoms with Crippen molar-refractivity contribution in [3.63, 3.8) is 0 Å². The number of amides is 1. The summed E-state index contributed by atoms with van der Waals surface area (Å²) in [5.41, 5.74) is 6.07. The third-order valence-electron chi connectivity index (χ3n) is 4.14. The monoisotopic (exact) mass is 494 g/mol. The zero-order valence-corrected chi connectivity index (χ0v) is 18.8. The van der Waals surface area contributed by atoms with Crippen LogP contribution in [-0.2, 0) is 11.2 Å². The maximum absolute atomic E-state index is 12.6. The van der Waals surface area contributed by atoms with Gasteiger partial charge in [-0.25, -0.2) is 9.78 Å². The molecule has 0 aliphatic rings. The van der Waals surface area contributed by atoms with Gasteiger partial charge in [0.1, 0.15) is 16.9 Å². The van der Waals surface area contributed by atoms with Gasteiger partial charge < -0.3 is 19.9 Å². The molecule has 1 aromatic heterocycles. The Morgan fingerprint density at radius 3 is 2.74 bits per heavy atom. The Labute approximate surface area is 187 Å². The molecule has 166 valence electrons. The van der Waals surface area contributed by atoms with Gasteiger partial charge in [0.25, 0.3) is 0 Å². The first-order chi connectivity index (χ1) is 14.8. The molecule has 31 heavy (non-hydrogen) atoms. The molecule has 1 aromatic carbocycles. The molecule has 0 unspecified atom stereocenters. The van der Waals surface area contributed by atoms with Gasteiger partial charge in [-0.2, -0.15) is 0 Å². The van der Waals surface area contributed by atoms with Gasteiger partial charge in [-0.1, -0.05) is 18.7 Å². The van der Waals surface area contributed by atoms with Crippen LogP contribution in [0.3, 0.4) is 0 Å². The minimum absolute atomic E-state index is 0.0144. The molecule has 1 heterocycles. The Kier molecular flexibility index (Phi) is 8.62. The van der Waals surface area contributed by atoms with Crippen LogP contribution in [0.2, 0.25) is 0 Å². The van der Waals surface area contributed by atoms with Crippen molar-refractivity contribution in [1.29, 1.82) is 0 Å². The summed E-state index contributed by atoms with van der Waals surface area (Å²) in [5, 5.41) is 11.6. The number of pyridine rings is 1. The van der Waals surface area contributed by atoms with Crippen LogP contribution in [0.5, 0.6) is 11.5 Å². The number of nitrogens with two attached hydrogens (primary N) is 1. The molecular weight excluding hydrogens is 472 g/mol. The molecule has 1 amide bonds. The Balaban J connectivity index is 2.39. The van der Waals surface area contributed by atoms with E-state index in [0.29, 0.717) is 24.5 Å². The van der Waals surface area contributed by atoms with Crippen LogP contribution < -0.4 is 20.1 Å². The van der Waals surface area contributed by atoms with Crippen molar-refractivity contribution in [3.05, 3.63) is 57.2 Å². The number of aromatic nitrogens is 1. The quantitative estimate of drug-likeness (QED) is 0.226. The van der Waals surface area contributed by atoms with Gasteiger partial charge >= 0.3 is 11.8 Å². The van der Waals surface area contributed by atoms with E-state index in [4.69, 9.17) is 19.9 Å². The van der Waals surface area contributed by atoms with Crippen molar-refractivity contribution >= 4 is 39.2 Å². The molecule has 0 aliphatic heterocycles. The minimum atomic E-state index is -0.736. The summed E-state index contributed by atoms with van der Waals surface area (Å²) in [4.78, 5) is 28.5. The van der Waals surface area contributed by atoms with E-state index < -0.39 is 16.7 Å². The van der Waals surface area contributed by atoms with E-state index in [2.05, 4.69) is 27.5 Å². The third-order valence-corrected chi connectivity index (χ3v) is 4.54. The second-order valence-electron chi connectivity index (χ2n) is 6.14. The Morgan fingerprint density at radius 2 is 2.13 bits per heavy atom. The fourth-order valence-corrected chi connectivity index (χ4v) is 3.20. The van der Waals surface area contributed by atoms with E-state index in [-0.39, 0.29) is 29.3 Å². The van der Waals surface area contributed by atoms with E-state index in [1.165, 1.54) is 18.1 Å². The topological polar surface area (TPSA) is 130 Å². The van der Waals surface area contributed by atoms with Gasteiger partial charge in [0.2, 0.25) is 5.82 Å². The number of carbonyl (C=O) groups is 1. The number of hydrogen-bond acceptors (Lipinski definition) is 8. The predicted octanol–water partition coefficient (Wildman–Crippen LogP) is 4.11. The Morgan fingerprint density at radius 1 is 1.39 bits per heavy atom. The largest absolute Gasteiger partial charge is 0.493 e. The Bertz CT molecular complexity index is 969. The van der Waals surface area contributed by atoms with E-state index in [9.17, 15) is 14.9 Å². The number of hydrogen-bond donors (Lipinski definition) is 1. The lowest BCUT2D eigenvalue weighted by Crippen LogP contribution is -2.34. The van der Waals surface area contributed by atoms with Crippen molar-refractivity contribution in [1.82, 2.24) is 4.98 Å². The molecule has 0 fully saturated rings. The zero-order valence-electron chi connectivity index (χ0n) is 17.2. The van der Waals surface area contributed by atoms with Crippen LogP contribution >= 0.6 is 15.9 Å². The van der Waals surface area contributed by atoms with Gasteiger partial charge in [0.15, 0.2) is 11.5 Å². The summed E-state index contributed by atoms with van der Waals surface area (Å²) in [7, 11) is 1.53. The molecule has 0 bridgehead atoms. The molecule has 11 heteroatoms. The highest BCUT2D eigenvalue weighted by atomic mass is 79.9. The summed E-state index contributed by atoms with van der Waals surface area (Å²) < 4.78 is 16.3. The van der Waals surface area contributed by atoms with Crippen molar-refractivity contribution in [2.75, 3.05) is 37.5 Å². The maximum Gasteiger partial charge on any atom is 0.414 e. The van der Waals surface area contributed by atoms with Gasteiger partial charge in [-0.15, -0.1) is 0 Å². The normalized spacial score (nSPS) is 10.3. The number of nitrogen functional groups attached to an aromatic ring is 1. The number of nitrogens with zero attached hydrogens (tertiary/aromatic N) is 3. The molecule has 0 spiro atoms. The number of halogens is 1. The highest BCUT2D eigenvalue weighted by molar-refractivity contribution is 9.10. The fraction of sp³-hybridized carbons (Fsp3) is 0.300. The summed E-state index contributed by atoms with van der Waals surface area (Å²) >= 11 is 3.17. The number of methoxy groups -OCH3 is 1. The molecule has 2 aromatic rings. The Hall–Kier alpha value is -3.34. The number of anilines is 2. The number of carbonyl (C=O) groups excluding carboxylic acids is 1. The van der Waals surface area contributed by atoms with Gasteiger partial charge in [0.05, 0.1) is 18.6 Å². The lowest BCUT2D eigenvalue weighted by molar-refractivity contribution is -0.383. The highest BCUT2D eigenvalue weighted by Gasteiger charge is 2.29. The second-order valence-corrected chi connectivity index (χ2v) is 6.95. The average Bonchev–Trinajstić information content (AvgIpc) is 2.71. The average molecular weight is 495 g/mol. The first kappa shape index (κ1) is 23.9. The van der Waals surface area contributed by atoms with E-state index in [0.717, 1.165) is 5.56 Å². The molecule has 2 N–H and O–H groups in total. The highest BCUT2D eigenvalue weighted by Crippen LogP contribution is 2.36. The van der Waals surface area contributed by atoms with Crippen LogP contribution in [0.4, 0.5) is 22.0 Å². The van der Waals surface area contributed by atoms with Crippen LogP contribution in [0.1, 0.15) is 12.5 Å². The SMILES string of the molecule is C=CCOc1cc(CCN(C(=O)OCC)c2cc(Br)nc(N)c2[N+](=O)[O-])ccc1OC. The van der Waals surface area contributed by atoms with Crippen molar-refractivity contribution < 1.29 is 23.9 Å². The van der Waals surface area contributed by atoms with Crippen LogP contribution in [0.25, 0.3) is 0 Å². The molecule has 0 aliphatic carbocycles. The molecule has 10 nitrogen and oxygen atoms in total. The van der Waals surface area contributed by atoms with Gasteiger partial charge in [0, 0.05) is 12.6 Å². The van der Waals surface area contributed by atoms with Crippen molar-refractivity contribution in [2.45, 2.75) is 13.3 Å². The molecular formula is C20H23BrN4O6. The van der Waals surface area contributed by atoms with E-state index in [1.807, 2.05) is 6.07 Å². The van der Waals surface area contributed by atoms with Crippen molar-refractivity contribution in [3.8, 4) is 11.5 Å². The summed E-state index contributed by atoms with van der Waals surface area (Å²) in [5.74, 6) is 0.757. The van der Waals surface area contributed by atoms with Crippen LogP contribution in [0.15, 0.2) is 41.5 Å². The first-order valence-corrected chi connectivity index (χ1v) is 10.1. The summed E-state index contributed by atoms with van der Waals surface area (Å²) in [6.07, 6.45) is 1.23. The summed E-state index contributed by atoms with van der Waals surface area (Å²) in [6, 6.07) is 6.69. The number of benzene rings is 1. The predicted molar refractivity (Wildman–Crippen MR) is 120 cm³/mol. The van der Waals surface area contributed by atoms with Crippen LogP contribution in [-0.4, -0.2) is 42.9 Å². The third kappa shape index (κ3) is 6.07. The number of nitro groups is 1. The van der Waals surface area contributed by atoms with E-state index >= 15 is 0 Å².